The molecule has 0 saturated carbocycles. The minimum atomic E-state index is 0.00312. The fraction of sp³-hybridized carbons (Fsp3) is 0.125. The number of aliphatic hydroxyl groups excluding tert-OH is 1. The van der Waals surface area contributed by atoms with Crippen molar-refractivity contribution in [2.45, 2.75) is 0 Å². The van der Waals surface area contributed by atoms with Gasteiger partial charge in [0.2, 0.25) is 0 Å². The smallest absolute Gasteiger partial charge is 0.119 e. The van der Waals surface area contributed by atoms with Crippen LogP contribution in [-0.4, -0.2) is 33.1 Å². The quantitative estimate of drug-likeness (QED) is 0.760. The van der Waals surface area contributed by atoms with Crippen LogP contribution in [0.2, 0.25) is 0 Å². The van der Waals surface area contributed by atoms with E-state index in [-0.39, 0.29) is 6.61 Å². The topological polar surface area (TPSA) is 60.2 Å². The molecule has 0 aliphatic carbocycles. The second-order valence-corrected chi connectivity index (χ2v) is 5.43. The van der Waals surface area contributed by atoms with Crippen molar-refractivity contribution in [3.8, 4) is 22.7 Å². The molecule has 0 radical (unpaired) electrons. The molecule has 1 aromatic carbocycles. The summed E-state index contributed by atoms with van der Waals surface area (Å²) in [4.78, 5) is 4.02. The van der Waals surface area contributed by atoms with Crippen LogP contribution in [0.5, 0.6) is 5.75 Å². The molecule has 0 aliphatic rings. The number of ether oxygens (including phenoxy) is 1. The van der Waals surface area contributed by atoms with Crippen molar-refractivity contribution in [2.75, 3.05) is 13.2 Å². The average molecular weight is 360 g/mol. The van der Waals surface area contributed by atoms with Crippen LogP contribution in [0.3, 0.4) is 0 Å². The molecule has 5 nitrogen and oxygen atoms in total. The lowest BCUT2D eigenvalue weighted by Crippen LogP contribution is -2.01. The van der Waals surface area contributed by atoms with Crippen molar-refractivity contribution in [2.24, 2.45) is 0 Å². The molecule has 0 spiro atoms. The van der Waals surface area contributed by atoms with Gasteiger partial charge in [0.15, 0.2) is 0 Å². The molecule has 1 N–H and O–H groups in total. The van der Waals surface area contributed by atoms with E-state index in [1.807, 2.05) is 42.6 Å². The van der Waals surface area contributed by atoms with Crippen molar-refractivity contribution in [3.63, 3.8) is 0 Å². The summed E-state index contributed by atoms with van der Waals surface area (Å²) in [6, 6.07) is 11.4. The second kappa shape index (κ2) is 6.72. The van der Waals surface area contributed by atoms with E-state index in [2.05, 4.69) is 26.0 Å². The van der Waals surface area contributed by atoms with Gasteiger partial charge in [0, 0.05) is 24.2 Å². The van der Waals surface area contributed by atoms with E-state index in [0.717, 1.165) is 27.2 Å². The van der Waals surface area contributed by atoms with Crippen LogP contribution in [0, 0.1) is 0 Å². The molecule has 0 unspecified atom stereocenters. The molecule has 3 aromatic rings. The van der Waals surface area contributed by atoms with Crippen molar-refractivity contribution < 1.29 is 9.84 Å². The molecule has 6 heteroatoms. The van der Waals surface area contributed by atoms with Gasteiger partial charge < -0.3 is 9.84 Å². The van der Waals surface area contributed by atoms with Gasteiger partial charge in [-0.2, -0.15) is 5.10 Å². The minimum Gasteiger partial charge on any atom is -0.491 e. The lowest BCUT2D eigenvalue weighted by atomic mass is 10.2. The molecule has 0 saturated heterocycles. The van der Waals surface area contributed by atoms with E-state index in [1.165, 1.54) is 0 Å². The maximum atomic E-state index is 8.75. The molecule has 2 heterocycles. The molecule has 0 atom stereocenters. The number of hydrogen-bond donors (Lipinski definition) is 1. The van der Waals surface area contributed by atoms with E-state index in [0.29, 0.717) is 6.61 Å². The Morgan fingerprint density at radius 1 is 1.09 bits per heavy atom. The monoisotopic (exact) mass is 359 g/mol. The van der Waals surface area contributed by atoms with Crippen LogP contribution in [0.1, 0.15) is 0 Å². The minimum absolute atomic E-state index is 0.00312. The highest BCUT2D eigenvalue weighted by atomic mass is 79.9. The second-order valence-electron chi connectivity index (χ2n) is 4.57. The first-order valence-corrected chi connectivity index (χ1v) is 7.57. The van der Waals surface area contributed by atoms with Gasteiger partial charge in [0.05, 0.1) is 16.8 Å². The molecule has 22 heavy (non-hydrogen) atoms. The summed E-state index contributed by atoms with van der Waals surface area (Å²) in [7, 11) is 0. The highest BCUT2D eigenvalue weighted by Gasteiger charge is 2.10. The maximum absolute atomic E-state index is 8.75. The Labute approximate surface area is 136 Å². The lowest BCUT2D eigenvalue weighted by Gasteiger charge is -2.05. The van der Waals surface area contributed by atoms with Gasteiger partial charge in [0.1, 0.15) is 18.1 Å². The first-order valence-electron chi connectivity index (χ1n) is 6.77. The fourth-order valence-corrected chi connectivity index (χ4v) is 2.55. The van der Waals surface area contributed by atoms with E-state index in [9.17, 15) is 0 Å². The fourth-order valence-electron chi connectivity index (χ4n) is 2.05. The Morgan fingerprint density at radius 2 is 1.82 bits per heavy atom. The molecule has 0 aliphatic heterocycles. The summed E-state index contributed by atoms with van der Waals surface area (Å²) < 4.78 is 8.07. The van der Waals surface area contributed by atoms with Gasteiger partial charge in [0.25, 0.3) is 0 Å². The Balaban J connectivity index is 1.87. The summed E-state index contributed by atoms with van der Waals surface area (Å²) in [6.45, 7) is 0.294. The third-order valence-electron chi connectivity index (χ3n) is 3.08. The summed E-state index contributed by atoms with van der Waals surface area (Å²) in [6.07, 6.45) is 5.40. The third kappa shape index (κ3) is 3.18. The molecule has 2 aromatic heterocycles. The Kier molecular flexibility index (Phi) is 4.50. The lowest BCUT2D eigenvalue weighted by molar-refractivity contribution is 0.201. The number of aliphatic hydroxyl groups is 1. The van der Waals surface area contributed by atoms with Gasteiger partial charge in [-0.25, -0.2) is 4.68 Å². The van der Waals surface area contributed by atoms with Crippen molar-refractivity contribution in [3.05, 3.63) is 59.5 Å². The van der Waals surface area contributed by atoms with Crippen LogP contribution in [0.4, 0.5) is 0 Å². The van der Waals surface area contributed by atoms with Crippen molar-refractivity contribution in [1.82, 2.24) is 14.8 Å². The van der Waals surface area contributed by atoms with E-state index in [1.54, 1.807) is 17.1 Å². The maximum Gasteiger partial charge on any atom is 0.119 e. The Hall–Kier alpha value is -2.18. The average Bonchev–Trinajstić information content (AvgIpc) is 2.96. The third-order valence-corrected chi connectivity index (χ3v) is 3.66. The zero-order valence-electron chi connectivity index (χ0n) is 11.7. The van der Waals surface area contributed by atoms with Gasteiger partial charge >= 0.3 is 0 Å². The summed E-state index contributed by atoms with van der Waals surface area (Å²) >= 11 is 3.54. The number of nitrogens with zero attached hydrogens (tertiary/aromatic N) is 3. The molecule has 0 bridgehead atoms. The van der Waals surface area contributed by atoms with Gasteiger partial charge in [-0.15, -0.1) is 0 Å². The first kappa shape index (κ1) is 14.7. The number of hydrogen-bond acceptors (Lipinski definition) is 4. The van der Waals surface area contributed by atoms with E-state index >= 15 is 0 Å². The van der Waals surface area contributed by atoms with Crippen LogP contribution < -0.4 is 4.74 Å². The van der Waals surface area contributed by atoms with Gasteiger partial charge in [-0.3, -0.25) is 4.98 Å². The Morgan fingerprint density at radius 3 is 2.50 bits per heavy atom. The summed E-state index contributed by atoms with van der Waals surface area (Å²) in [5, 5.41) is 13.4. The van der Waals surface area contributed by atoms with Crippen LogP contribution in [0.25, 0.3) is 16.9 Å². The van der Waals surface area contributed by atoms with Crippen LogP contribution in [0.15, 0.2) is 59.5 Å². The molecule has 0 amide bonds. The van der Waals surface area contributed by atoms with Crippen molar-refractivity contribution in [1.29, 1.82) is 0 Å². The largest absolute Gasteiger partial charge is 0.491 e. The van der Waals surface area contributed by atoms with Crippen molar-refractivity contribution >= 4 is 15.9 Å². The highest BCUT2D eigenvalue weighted by molar-refractivity contribution is 9.10. The Bertz CT molecular complexity index is 742. The molecule has 3 rings (SSSR count). The first-order chi connectivity index (χ1) is 10.8. The number of benzene rings is 1. The number of pyridine rings is 1. The standard InChI is InChI=1S/C16H14BrN3O2/c17-15-11-20(19-16(15)12-5-7-18-8-6-12)13-1-3-14(4-2-13)22-10-9-21/h1-8,11,21H,9-10H2. The predicted molar refractivity (Wildman–Crippen MR) is 87.1 cm³/mol. The molecular weight excluding hydrogens is 346 g/mol. The van der Waals surface area contributed by atoms with E-state index in [4.69, 9.17) is 9.84 Å². The van der Waals surface area contributed by atoms with Gasteiger partial charge in [-0.05, 0) is 52.3 Å². The van der Waals surface area contributed by atoms with Crippen LogP contribution in [-0.2, 0) is 0 Å². The number of halogens is 1. The highest BCUT2D eigenvalue weighted by Crippen LogP contribution is 2.27. The molecule has 0 fully saturated rings. The summed E-state index contributed by atoms with van der Waals surface area (Å²) in [5.74, 6) is 0.721. The predicted octanol–water partition coefficient (Wildman–Crippen LogP) is 3.07. The van der Waals surface area contributed by atoms with Crippen LogP contribution >= 0.6 is 15.9 Å². The molecule has 112 valence electrons. The zero-order chi connectivity index (χ0) is 15.4. The van der Waals surface area contributed by atoms with Gasteiger partial charge in [-0.1, -0.05) is 0 Å². The zero-order valence-corrected chi connectivity index (χ0v) is 13.3. The number of rotatable bonds is 5. The van der Waals surface area contributed by atoms with E-state index < -0.39 is 0 Å². The summed E-state index contributed by atoms with van der Waals surface area (Å²) in [5.41, 5.74) is 2.80. The number of aromatic nitrogens is 3. The SMILES string of the molecule is OCCOc1ccc(-n2cc(Br)c(-c3ccncc3)n2)cc1. The molecular formula is C16H14BrN3O2. The normalized spacial score (nSPS) is 10.6.